The Kier molecular flexibility index (Phi) is 4.14. The molecule has 0 unspecified atom stereocenters. The van der Waals surface area contributed by atoms with Crippen LogP contribution in [0.4, 0.5) is 0 Å². The number of hydrogen-bond donors (Lipinski definition) is 0. The molecule has 21 heavy (non-hydrogen) atoms. The summed E-state index contributed by atoms with van der Waals surface area (Å²) >= 11 is 3.46. The molecule has 0 atom stereocenters. The van der Waals surface area contributed by atoms with Crippen LogP contribution in [0.2, 0.25) is 0 Å². The second-order valence-corrected chi connectivity index (χ2v) is 8.62. The van der Waals surface area contributed by atoms with Crippen LogP contribution in [0.15, 0.2) is 9.95 Å². The van der Waals surface area contributed by atoms with Crippen molar-refractivity contribution in [3.05, 3.63) is 20.8 Å². The van der Waals surface area contributed by atoms with Gasteiger partial charge in [-0.3, -0.25) is 9.36 Å². The molecule has 114 valence electrons. The number of rotatable bonds is 3. The van der Waals surface area contributed by atoms with Crippen LogP contribution in [0, 0.1) is 13.8 Å². The zero-order chi connectivity index (χ0) is 15.1. The Bertz CT molecular complexity index is 724. The monoisotopic (exact) mass is 322 g/mol. The number of fused-ring (bicyclic) bond motifs is 1. The van der Waals surface area contributed by atoms with Crippen LogP contribution < -0.4 is 5.56 Å². The van der Waals surface area contributed by atoms with Crippen molar-refractivity contribution in [1.82, 2.24) is 9.55 Å². The zero-order valence-corrected chi connectivity index (χ0v) is 14.7. The molecule has 0 aromatic carbocycles. The first-order chi connectivity index (χ1) is 9.99. The summed E-state index contributed by atoms with van der Waals surface area (Å²) in [6, 6.07) is 0.151. The summed E-state index contributed by atoms with van der Waals surface area (Å²) in [4.78, 5) is 19.9. The van der Waals surface area contributed by atoms with Crippen LogP contribution in [0.25, 0.3) is 10.2 Å². The van der Waals surface area contributed by atoms with Crippen molar-refractivity contribution >= 4 is 33.3 Å². The van der Waals surface area contributed by atoms with Gasteiger partial charge in [0.1, 0.15) is 4.83 Å². The summed E-state index contributed by atoms with van der Waals surface area (Å²) < 4.78 is 1.89. The van der Waals surface area contributed by atoms with Gasteiger partial charge in [0.25, 0.3) is 5.56 Å². The van der Waals surface area contributed by atoms with Crippen LogP contribution in [-0.4, -0.2) is 14.8 Å². The lowest BCUT2D eigenvalue weighted by Gasteiger charge is -2.17. The average molecular weight is 322 g/mol. The van der Waals surface area contributed by atoms with Crippen molar-refractivity contribution in [2.24, 2.45) is 0 Å². The Morgan fingerprint density at radius 2 is 1.95 bits per heavy atom. The number of aryl methyl sites for hydroxylation is 2. The first kappa shape index (κ1) is 15.1. The van der Waals surface area contributed by atoms with E-state index in [1.54, 1.807) is 11.3 Å². The fraction of sp³-hybridized carbons (Fsp3) is 0.625. The van der Waals surface area contributed by atoms with Gasteiger partial charge in [-0.2, -0.15) is 0 Å². The molecule has 2 heterocycles. The molecule has 0 bridgehead atoms. The van der Waals surface area contributed by atoms with Crippen molar-refractivity contribution in [2.45, 2.75) is 69.8 Å². The van der Waals surface area contributed by atoms with Crippen LogP contribution in [0.1, 0.15) is 56.0 Å². The second-order valence-electron chi connectivity index (χ2n) is 6.15. The van der Waals surface area contributed by atoms with Crippen molar-refractivity contribution in [3.8, 4) is 0 Å². The summed E-state index contributed by atoms with van der Waals surface area (Å²) in [5.41, 5.74) is 1.23. The molecule has 0 amide bonds. The minimum Gasteiger partial charge on any atom is -0.284 e. The molecule has 0 spiro atoms. The molecule has 3 rings (SSSR count). The fourth-order valence-electron chi connectivity index (χ4n) is 2.98. The lowest BCUT2D eigenvalue weighted by molar-refractivity contribution is 0.518. The standard InChI is InChI=1S/C16H22N2OS2/c1-9(2)18-15(19)13-10(3)11(4)20-14(13)17-16(18)21-12-7-5-6-8-12/h9,12H,5-8H2,1-4H3. The van der Waals surface area contributed by atoms with E-state index in [4.69, 9.17) is 4.98 Å². The summed E-state index contributed by atoms with van der Waals surface area (Å²) in [7, 11) is 0. The second kappa shape index (κ2) is 5.76. The van der Waals surface area contributed by atoms with Crippen LogP contribution in [0.3, 0.4) is 0 Å². The summed E-state index contributed by atoms with van der Waals surface area (Å²) in [5, 5.41) is 2.36. The summed E-state index contributed by atoms with van der Waals surface area (Å²) in [5.74, 6) is 0. The fourth-order valence-corrected chi connectivity index (χ4v) is 5.48. The quantitative estimate of drug-likeness (QED) is 0.769. The van der Waals surface area contributed by atoms with E-state index in [-0.39, 0.29) is 11.6 Å². The van der Waals surface area contributed by atoms with Gasteiger partial charge in [0.15, 0.2) is 5.16 Å². The minimum atomic E-state index is 0.136. The topological polar surface area (TPSA) is 34.9 Å². The van der Waals surface area contributed by atoms with Gasteiger partial charge in [0, 0.05) is 16.2 Å². The number of aromatic nitrogens is 2. The highest BCUT2D eigenvalue weighted by molar-refractivity contribution is 7.99. The maximum atomic E-state index is 12.9. The van der Waals surface area contributed by atoms with E-state index in [0.717, 1.165) is 20.9 Å². The van der Waals surface area contributed by atoms with Gasteiger partial charge >= 0.3 is 0 Å². The normalized spacial score (nSPS) is 16.4. The van der Waals surface area contributed by atoms with E-state index < -0.39 is 0 Å². The average Bonchev–Trinajstić information content (AvgIpc) is 2.99. The SMILES string of the molecule is Cc1sc2nc(SC3CCCC3)n(C(C)C)c(=O)c2c1C. The first-order valence-electron chi connectivity index (χ1n) is 7.68. The van der Waals surface area contributed by atoms with Crippen molar-refractivity contribution in [2.75, 3.05) is 0 Å². The van der Waals surface area contributed by atoms with Crippen LogP contribution in [0.5, 0.6) is 0 Å². The molecule has 1 saturated carbocycles. The Morgan fingerprint density at radius 1 is 1.29 bits per heavy atom. The van der Waals surface area contributed by atoms with Gasteiger partial charge in [0.05, 0.1) is 5.39 Å². The molecule has 1 fully saturated rings. The molecule has 3 nitrogen and oxygen atoms in total. The van der Waals surface area contributed by atoms with Gasteiger partial charge in [-0.15, -0.1) is 11.3 Å². The summed E-state index contributed by atoms with van der Waals surface area (Å²) in [6.45, 7) is 8.25. The number of hydrogen-bond acceptors (Lipinski definition) is 4. The molecule has 1 aliphatic carbocycles. The first-order valence-corrected chi connectivity index (χ1v) is 9.37. The summed E-state index contributed by atoms with van der Waals surface area (Å²) in [6.07, 6.45) is 5.12. The molecule has 5 heteroatoms. The Balaban J connectivity index is 2.17. The minimum absolute atomic E-state index is 0.136. The van der Waals surface area contributed by atoms with Gasteiger partial charge in [-0.1, -0.05) is 24.6 Å². The van der Waals surface area contributed by atoms with Crippen LogP contribution in [-0.2, 0) is 0 Å². The molecule has 0 N–H and O–H groups in total. The van der Waals surface area contributed by atoms with E-state index in [1.165, 1.54) is 30.6 Å². The molecule has 0 aliphatic heterocycles. The van der Waals surface area contributed by atoms with E-state index >= 15 is 0 Å². The number of thiophene rings is 1. The third-order valence-electron chi connectivity index (χ3n) is 4.29. The van der Waals surface area contributed by atoms with E-state index in [1.807, 2.05) is 23.3 Å². The van der Waals surface area contributed by atoms with Crippen molar-refractivity contribution in [3.63, 3.8) is 0 Å². The lowest BCUT2D eigenvalue weighted by atomic mass is 10.2. The molecular weight excluding hydrogens is 300 g/mol. The van der Waals surface area contributed by atoms with Crippen molar-refractivity contribution in [1.29, 1.82) is 0 Å². The lowest BCUT2D eigenvalue weighted by Crippen LogP contribution is -2.25. The van der Waals surface area contributed by atoms with Gasteiger partial charge in [-0.25, -0.2) is 4.98 Å². The predicted octanol–water partition coefficient (Wildman–Crippen LogP) is 4.69. The van der Waals surface area contributed by atoms with Gasteiger partial charge in [0.2, 0.25) is 0 Å². The highest BCUT2D eigenvalue weighted by Gasteiger charge is 2.23. The van der Waals surface area contributed by atoms with Crippen molar-refractivity contribution < 1.29 is 0 Å². The molecule has 2 aromatic rings. The van der Waals surface area contributed by atoms with Gasteiger partial charge in [-0.05, 0) is 46.1 Å². The van der Waals surface area contributed by atoms with Crippen LogP contribution >= 0.6 is 23.1 Å². The highest BCUT2D eigenvalue weighted by atomic mass is 32.2. The number of nitrogens with zero attached hydrogens (tertiary/aromatic N) is 2. The third kappa shape index (κ3) is 2.66. The Hall–Kier alpha value is -0.810. The largest absolute Gasteiger partial charge is 0.284 e. The number of thioether (sulfide) groups is 1. The molecule has 0 saturated heterocycles. The molecule has 0 radical (unpaired) electrons. The smallest absolute Gasteiger partial charge is 0.263 e. The van der Waals surface area contributed by atoms with E-state index in [9.17, 15) is 4.79 Å². The van der Waals surface area contributed by atoms with E-state index in [0.29, 0.717) is 5.25 Å². The van der Waals surface area contributed by atoms with E-state index in [2.05, 4.69) is 20.8 Å². The van der Waals surface area contributed by atoms with Gasteiger partial charge < -0.3 is 0 Å². The molecule has 2 aromatic heterocycles. The molecular formula is C16H22N2OS2. The maximum Gasteiger partial charge on any atom is 0.263 e. The Morgan fingerprint density at radius 3 is 2.57 bits per heavy atom. The predicted molar refractivity (Wildman–Crippen MR) is 91.9 cm³/mol. The molecule has 1 aliphatic rings. The highest BCUT2D eigenvalue weighted by Crippen LogP contribution is 2.36. The Labute approximate surface area is 133 Å². The zero-order valence-electron chi connectivity index (χ0n) is 13.1. The third-order valence-corrected chi connectivity index (χ3v) is 6.70. The maximum absolute atomic E-state index is 12.9.